The molecule has 0 bridgehead atoms. The fraction of sp³-hybridized carbons (Fsp3) is 0.450. The number of halogens is 2. The van der Waals surface area contributed by atoms with Crippen molar-refractivity contribution < 1.29 is 23.8 Å². The molecule has 1 aromatic carbocycles. The van der Waals surface area contributed by atoms with Crippen LogP contribution in [0.5, 0.6) is 5.88 Å². The molecule has 0 spiro atoms. The number of carbonyl (C=O) groups excluding carboxylic acids is 1. The van der Waals surface area contributed by atoms with E-state index in [1.54, 1.807) is 6.07 Å². The van der Waals surface area contributed by atoms with Gasteiger partial charge < -0.3 is 20.1 Å². The summed E-state index contributed by atoms with van der Waals surface area (Å²) in [6.07, 6.45) is 4.02. The molecule has 0 fully saturated rings. The molecule has 0 radical (unpaired) electrons. The van der Waals surface area contributed by atoms with Crippen LogP contribution in [0.15, 0.2) is 22.7 Å². The topological polar surface area (TPSA) is 104 Å². The number of aromatic carboxylic acids is 1. The third-order valence-corrected chi connectivity index (χ3v) is 5.54. The van der Waals surface area contributed by atoms with Gasteiger partial charge in [0.1, 0.15) is 17.4 Å². The molecule has 0 unspecified atom stereocenters. The molecule has 0 aliphatic carbocycles. The Morgan fingerprint density at radius 1 is 1.26 bits per heavy atom. The Morgan fingerprint density at radius 2 is 2.00 bits per heavy atom. The summed E-state index contributed by atoms with van der Waals surface area (Å²) >= 11 is 3.96. The zero-order valence-electron chi connectivity index (χ0n) is 17.4. The molecule has 2 rings (SSSR count). The first kappa shape index (κ1) is 25.0. The molecule has 1 heterocycles. The van der Waals surface area contributed by atoms with E-state index >= 15 is 0 Å². The molecule has 2 aromatic rings. The van der Waals surface area contributed by atoms with Crippen LogP contribution in [0.2, 0.25) is 0 Å². The van der Waals surface area contributed by atoms with E-state index in [1.165, 1.54) is 12.1 Å². The fourth-order valence-corrected chi connectivity index (χ4v) is 3.74. The maximum Gasteiger partial charge on any atom is 0.344 e. The number of hydrogen-bond donors (Lipinski definition) is 3. The minimum Gasteiger partial charge on any atom is -0.477 e. The molecule has 8 nitrogen and oxygen atoms in total. The molecule has 31 heavy (non-hydrogen) atoms. The van der Waals surface area contributed by atoms with E-state index in [2.05, 4.69) is 35.8 Å². The smallest absolute Gasteiger partial charge is 0.344 e. The first-order valence-corrected chi connectivity index (χ1v) is 11.3. The van der Waals surface area contributed by atoms with Gasteiger partial charge in [-0.05, 0) is 57.1 Å². The zero-order chi connectivity index (χ0) is 22.8. The maximum absolute atomic E-state index is 13.9. The molecule has 2 amide bonds. The normalized spacial score (nSPS) is 10.9. The predicted molar refractivity (Wildman–Crippen MR) is 122 cm³/mol. The van der Waals surface area contributed by atoms with Gasteiger partial charge in [-0.25, -0.2) is 14.0 Å². The summed E-state index contributed by atoms with van der Waals surface area (Å²) in [6.45, 7) is 1.33. The molecule has 0 saturated carbocycles. The Bertz CT molecular complexity index is 894. The van der Waals surface area contributed by atoms with Gasteiger partial charge in [-0.1, -0.05) is 34.8 Å². The number of urea groups is 1. The van der Waals surface area contributed by atoms with Gasteiger partial charge in [0.25, 0.3) is 0 Å². The number of nitrogens with one attached hydrogen (secondary N) is 2. The lowest BCUT2D eigenvalue weighted by Gasteiger charge is -2.09. The monoisotopic (exact) mass is 516 g/mol. The standard InChI is InChI=1S/C20H26BrFN4O4S/c1-26(2)10-6-4-3-5-9-23-20(29)24-18-16(19(27)28)17(25-31-18)30-12-13-7-8-14(21)11-15(13)22/h7-8,11H,3-6,9-10,12H2,1-2H3,(H,27,28)(H2,23,24,29). The van der Waals surface area contributed by atoms with Crippen molar-refractivity contribution in [1.82, 2.24) is 14.6 Å². The third kappa shape index (κ3) is 8.42. The number of aromatic nitrogens is 1. The second-order valence-electron chi connectivity index (χ2n) is 7.12. The molecule has 0 aliphatic rings. The van der Waals surface area contributed by atoms with Gasteiger partial charge in [0, 0.05) is 16.6 Å². The maximum atomic E-state index is 13.9. The second kappa shape index (κ2) is 12.6. The number of carbonyl (C=O) groups is 2. The SMILES string of the molecule is CN(C)CCCCCCNC(=O)Nc1snc(OCc2ccc(Br)cc2F)c1C(=O)O. The van der Waals surface area contributed by atoms with Gasteiger partial charge in [0.15, 0.2) is 5.56 Å². The number of ether oxygens (including phenoxy) is 1. The molecular weight excluding hydrogens is 491 g/mol. The molecule has 0 aliphatic heterocycles. The van der Waals surface area contributed by atoms with Gasteiger partial charge in [-0.3, -0.25) is 5.32 Å². The summed E-state index contributed by atoms with van der Waals surface area (Å²) < 4.78 is 23.9. The van der Waals surface area contributed by atoms with Crippen LogP contribution < -0.4 is 15.4 Å². The Labute approximate surface area is 193 Å². The van der Waals surface area contributed by atoms with Crippen molar-refractivity contribution in [3.05, 3.63) is 39.6 Å². The van der Waals surface area contributed by atoms with Crippen LogP contribution in [0.25, 0.3) is 0 Å². The number of unbranched alkanes of at least 4 members (excludes halogenated alkanes) is 3. The third-order valence-electron chi connectivity index (χ3n) is 4.30. The van der Waals surface area contributed by atoms with Crippen LogP contribution in [-0.2, 0) is 6.61 Å². The van der Waals surface area contributed by atoms with Gasteiger partial charge in [0.05, 0.1) is 0 Å². The molecule has 0 saturated heterocycles. The van der Waals surface area contributed by atoms with Crippen molar-refractivity contribution >= 4 is 44.5 Å². The van der Waals surface area contributed by atoms with E-state index in [-0.39, 0.29) is 28.6 Å². The lowest BCUT2D eigenvalue weighted by atomic mass is 10.2. The molecule has 11 heteroatoms. The van der Waals surface area contributed by atoms with Crippen molar-refractivity contribution in [3.63, 3.8) is 0 Å². The lowest BCUT2D eigenvalue weighted by Crippen LogP contribution is -2.29. The van der Waals surface area contributed by atoms with Crippen molar-refractivity contribution in [1.29, 1.82) is 0 Å². The van der Waals surface area contributed by atoms with E-state index in [4.69, 9.17) is 4.74 Å². The van der Waals surface area contributed by atoms with Gasteiger partial charge in [-0.2, -0.15) is 4.37 Å². The number of nitrogens with zero attached hydrogens (tertiary/aromatic N) is 2. The Morgan fingerprint density at radius 3 is 2.68 bits per heavy atom. The van der Waals surface area contributed by atoms with Crippen LogP contribution in [0, 0.1) is 5.82 Å². The molecule has 0 atom stereocenters. The summed E-state index contributed by atoms with van der Waals surface area (Å²) in [6, 6.07) is 3.96. The number of rotatable bonds is 12. The number of amides is 2. The zero-order valence-corrected chi connectivity index (χ0v) is 19.8. The van der Waals surface area contributed by atoms with Crippen molar-refractivity contribution in [2.75, 3.05) is 32.5 Å². The van der Waals surface area contributed by atoms with E-state index < -0.39 is 17.8 Å². The van der Waals surface area contributed by atoms with Crippen LogP contribution in [0.4, 0.5) is 14.2 Å². The minimum atomic E-state index is -1.30. The fourth-order valence-electron chi connectivity index (χ4n) is 2.69. The molecule has 3 N–H and O–H groups in total. The van der Waals surface area contributed by atoms with Crippen molar-refractivity contribution in [2.24, 2.45) is 0 Å². The largest absolute Gasteiger partial charge is 0.477 e. The van der Waals surface area contributed by atoms with Gasteiger partial charge in [-0.15, -0.1) is 0 Å². The van der Waals surface area contributed by atoms with Gasteiger partial charge >= 0.3 is 12.0 Å². The quantitative estimate of drug-likeness (QED) is 0.357. The van der Waals surface area contributed by atoms with E-state index in [1.807, 2.05) is 14.1 Å². The number of benzene rings is 1. The van der Waals surface area contributed by atoms with Gasteiger partial charge in [0.2, 0.25) is 5.88 Å². The summed E-state index contributed by atoms with van der Waals surface area (Å²) in [5, 5.41) is 14.8. The lowest BCUT2D eigenvalue weighted by molar-refractivity contribution is 0.0693. The van der Waals surface area contributed by atoms with Crippen LogP contribution in [-0.4, -0.2) is 53.6 Å². The predicted octanol–water partition coefficient (Wildman–Crippen LogP) is 4.57. The van der Waals surface area contributed by atoms with Crippen LogP contribution >= 0.6 is 27.5 Å². The second-order valence-corrected chi connectivity index (χ2v) is 8.81. The van der Waals surface area contributed by atoms with Crippen LogP contribution in [0.1, 0.15) is 41.6 Å². The average Bonchev–Trinajstić information content (AvgIpc) is 3.09. The van der Waals surface area contributed by atoms with Crippen molar-refractivity contribution in [2.45, 2.75) is 32.3 Å². The molecule has 1 aromatic heterocycles. The van der Waals surface area contributed by atoms with E-state index in [9.17, 15) is 19.1 Å². The summed E-state index contributed by atoms with van der Waals surface area (Å²) in [5.74, 6) is -1.95. The van der Waals surface area contributed by atoms with Crippen LogP contribution in [0.3, 0.4) is 0 Å². The number of anilines is 1. The highest BCUT2D eigenvalue weighted by atomic mass is 79.9. The summed E-state index contributed by atoms with van der Waals surface area (Å²) in [4.78, 5) is 25.9. The van der Waals surface area contributed by atoms with E-state index in [0.717, 1.165) is 43.8 Å². The Hall–Kier alpha value is -2.24. The minimum absolute atomic E-state index is 0.0576. The number of hydrogen-bond acceptors (Lipinski definition) is 6. The Kier molecular flexibility index (Phi) is 10.2. The molecule has 170 valence electrons. The first-order valence-electron chi connectivity index (χ1n) is 9.77. The summed E-state index contributed by atoms with van der Waals surface area (Å²) in [7, 11) is 4.07. The first-order chi connectivity index (χ1) is 14.8. The highest BCUT2D eigenvalue weighted by Gasteiger charge is 2.23. The van der Waals surface area contributed by atoms with E-state index in [0.29, 0.717) is 11.0 Å². The Balaban J connectivity index is 1.85. The average molecular weight is 517 g/mol. The number of carboxylic acids is 1. The van der Waals surface area contributed by atoms with Crippen molar-refractivity contribution in [3.8, 4) is 5.88 Å². The highest BCUT2D eigenvalue weighted by Crippen LogP contribution is 2.31. The molecular formula is C20H26BrFN4O4S. The number of carboxylic acid groups (broad SMARTS) is 1. The highest BCUT2D eigenvalue weighted by molar-refractivity contribution is 9.10. The summed E-state index contributed by atoms with van der Waals surface area (Å²) in [5.41, 5.74) is -0.00766.